The number of unbranched alkanes of at least 4 members (excludes halogenated alkanes) is 2. The van der Waals surface area contributed by atoms with Crippen molar-refractivity contribution in [3.63, 3.8) is 0 Å². The van der Waals surface area contributed by atoms with Crippen molar-refractivity contribution >= 4 is 29.3 Å². The Hall–Kier alpha value is -4.26. The maximum absolute atomic E-state index is 13.7. The number of urea groups is 1. The van der Waals surface area contributed by atoms with Crippen molar-refractivity contribution in [1.82, 2.24) is 10.2 Å². The first-order valence-corrected chi connectivity index (χ1v) is 12.1. The van der Waals surface area contributed by atoms with Gasteiger partial charge < -0.3 is 10.6 Å². The second-order valence-electron chi connectivity index (χ2n) is 8.81. The second-order valence-corrected chi connectivity index (χ2v) is 8.81. The Kier molecular flexibility index (Phi) is 7.59. The number of carbonyl (C=O) groups is 4. The summed E-state index contributed by atoms with van der Waals surface area (Å²) in [4.78, 5) is 52.7. The Morgan fingerprint density at radius 2 is 1.42 bits per heavy atom. The lowest BCUT2D eigenvalue weighted by Crippen LogP contribution is -2.45. The number of ketones is 1. The molecule has 1 aliphatic rings. The molecule has 0 aromatic heterocycles. The summed E-state index contributed by atoms with van der Waals surface area (Å²) in [5.74, 6) is -0.953. The predicted octanol–water partition coefficient (Wildman–Crippen LogP) is 4.88. The molecule has 7 nitrogen and oxygen atoms in total. The molecular formula is C29H29N3O4. The van der Waals surface area contributed by atoms with E-state index in [4.69, 9.17) is 0 Å². The van der Waals surface area contributed by atoms with Gasteiger partial charge in [0.15, 0.2) is 11.3 Å². The van der Waals surface area contributed by atoms with Crippen LogP contribution in [0.3, 0.4) is 0 Å². The van der Waals surface area contributed by atoms with Gasteiger partial charge in [-0.05, 0) is 41.8 Å². The maximum atomic E-state index is 13.7. The van der Waals surface area contributed by atoms with Gasteiger partial charge in [0.2, 0.25) is 5.91 Å². The van der Waals surface area contributed by atoms with Crippen molar-refractivity contribution in [2.45, 2.75) is 38.1 Å². The first kappa shape index (κ1) is 24.9. The fraction of sp³-hybridized carbons (Fsp3) is 0.241. The molecule has 1 saturated heterocycles. The highest BCUT2D eigenvalue weighted by Crippen LogP contribution is 2.36. The van der Waals surface area contributed by atoms with Crippen LogP contribution in [-0.2, 0) is 15.1 Å². The summed E-state index contributed by atoms with van der Waals surface area (Å²) in [6, 6.07) is 23.9. The summed E-state index contributed by atoms with van der Waals surface area (Å²) in [6.07, 6.45) is 3.32. The van der Waals surface area contributed by atoms with E-state index in [0.717, 1.165) is 24.2 Å². The predicted molar refractivity (Wildman–Crippen MR) is 137 cm³/mol. The molecule has 1 fully saturated rings. The van der Waals surface area contributed by atoms with Gasteiger partial charge >= 0.3 is 6.03 Å². The number of rotatable bonds is 10. The maximum Gasteiger partial charge on any atom is 0.325 e. The minimum Gasteiger partial charge on any atom is -0.326 e. The van der Waals surface area contributed by atoms with Crippen molar-refractivity contribution in [2.24, 2.45) is 0 Å². The van der Waals surface area contributed by atoms with Crippen molar-refractivity contribution in [3.05, 3.63) is 102 Å². The number of Topliss-reactive ketones (excluding diaryl/α,β-unsaturated/α-hetero) is 1. The van der Waals surface area contributed by atoms with Crippen LogP contribution in [-0.4, -0.2) is 35.1 Å². The molecule has 0 aliphatic carbocycles. The van der Waals surface area contributed by atoms with E-state index >= 15 is 0 Å². The van der Waals surface area contributed by atoms with Crippen LogP contribution in [0.2, 0.25) is 0 Å². The van der Waals surface area contributed by atoms with E-state index in [1.54, 1.807) is 72.8 Å². The Morgan fingerprint density at radius 3 is 1.97 bits per heavy atom. The summed E-state index contributed by atoms with van der Waals surface area (Å²) >= 11 is 0. The number of nitrogens with zero attached hydrogens (tertiary/aromatic N) is 1. The van der Waals surface area contributed by atoms with Gasteiger partial charge in [0.25, 0.3) is 5.91 Å². The molecule has 3 aromatic carbocycles. The molecule has 1 aliphatic heterocycles. The van der Waals surface area contributed by atoms with Gasteiger partial charge in [0.1, 0.15) is 0 Å². The lowest BCUT2D eigenvalue weighted by atomic mass is 9.82. The molecule has 0 atom stereocenters. The molecule has 0 bridgehead atoms. The van der Waals surface area contributed by atoms with E-state index < -0.39 is 24.0 Å². The van der Waals surface area contributed by atoms with Crippen molar-refractivity contribution in [3.8, 4) is 0 Å². The molecular weight excluding hydrogens is 454 g/mol. The lowest BCUT2D eigenvalue weighted by Gasteiger charge is -2.28. The van der Waals surface area contributed by atoms with Crippen LogP contribution in [0.4, 0.5) is 10.5 Å². The summed E-state index contributed by atoms with van der Waals surface area (Å²) < 4.78 is 0. The molecule has 4 rings (SSSR count). The minimum atomic E-state index is -1.41. The van der Waals surface area contributed by atoms with Gasteiger partial charge in [-0.15, -0.1) is 0 Å². The van der Waals surface area contributed by atoms with Crippen molar-refractivity contribution < 1.29 is 19.2 Å². The summed E-state index contributed by atoms with van der Waals surface area (Å²) in [5.41, 5.74) is 0.755. The normalized spacial score (nSPS) is 14.4. The smallest absolute Gasteiger partial charge is 0.325 e. The summed E-state index contributed by atoms with van der Waals surface area (Å²) in [5, 5.41) is 5.67. The van der Waals surface area contributed by atoms with Gasteiger partial charge in [0, 0.05) is 17.7 Å². The zero-order valence-electron chi connectivity index (χ0n) is 20.2. The molecule has 0 saturated carbocycles. The van der Waals surface area contributed by atoms with Crippen molar-refractivity contribution in [2.75, 3.05) is 11.9 Å². The second kappa shape index (κ2) is 11.0. The largest absolute Gasteiger partial charge is 0.326 e. The number of hydrogen-bond donors (Lipinski definition) is 2. The standard InChI is InChI=1S/C29H29N3O4/c1-2-3-6-15-26(34)30-24-18-16-21(17-19-24)25(33)20-32-27(35)29(31-28(32)36,22-11-7-4-8-12-22)23-13-9-5-10-14-23/h4-5,7-14,16-19H,2-3,6,15,20H2,1H3,(H,30,34)(H,31,36). The Balaban J connectivity index is 1.51. The molecule has 4 amide bonds. The highest BCUT2D eigenvalue weighted by Gasteiger charge is 2.54. The molecule has 7 heteroatoms. The summed E-state index contributed by atoms with van der Waals surface area (Å²) in [7, 11) is 0. The van der Waals surface area contributed by atoms with E-state index in [9.17, 15) is 19.2 Å². The average Bonchev–Trinajstić information content (AvgIpc) is 3.16. The van der Waals surface area contributed by atoms with Gasteiger partial charge in [-0.1, -0.05) is 80.4 Å². The molecule has 0 spiro atoms. The first-order valence-electron chi connectivity index (χ1n) is 12.1. The average molecular weight is 484 g/mol. The van der Waals surface area contributed by atoms with Crippen LogP contribution < -0.4 is 10.6 Å². The zero-order chi connectivity index (χ0) is 25.5. The van der Waals surface area contributed by atoms with Crippen LogP contribution in [0.5, 0.6) is 0 Å². The third-order valence-corrected chi connectivity index (χ3v) is 6.32. The molecule has 2 N–H and O–H groups in total. The van der Waals surface area contributed by atoms with E-state index in [-0.39, 0.29) is 11.7 Å². The lowest BCUT2D eigenvalue weighted by molar-refractivity contribution is -0.130. The first-order chi connectivity index (χ1) is 17.5. The van der Waals surface area contributed by atoms with Gasteiger partial charge in [-0.25, -0.2) is 4.79 Å². The SMILES string of the molecule is CCCCCC(=O)Nc1ccc(C(=O)CN2C(=O)NC(c3ccccc3)(c3ccccc3)C2=O)cc1. The number of carbonyl (C=O) groups excluding carboxylic acids is 4. The highest BCUT2D eigenvalue weighted by atomic mass is 16.2. The molecule has 0 unspecified atom stereocenters. The van der Waals surface area contributed by atoms with Gasteiger partial charge in [-0.3, -0.25) is 19.3 Å². The topological polar surface area (TPSA) is 95.6 Å². The van der Waals surface area contributed by atoms with Gasteiger partial charge in [0.05, 0.1) is 6.54 Å². The molecule has 184 valence electrons. The number of nitrogens with one attached hydrogen (secondary N) is 2. The van der Waals surface area contributed by atoms with Crippen LogP contribution >= 0.6 is 0 Å². The fourth-order valence-electron chi connectivity index (χ4n) is 4.39. The van der Waals surface area contributed by atoms with E-state index in [1.807, 2.05) is 12.1 Å². The number of imide groups is 1. The number of hydrogen-bond acceptors (Lipinski definition) is 4. The van der Waals surface area contributed by atoms with Gasteiger partial charge in [-0.2, -0.15) is 0 Å². The Morgan fingerprint density at radius 1 is 0.833 bits per heavy atom. The van der Waals surface area contributed by atoms with Crippen LogP contribution in [0, 0.1) is 0 Å². The van der Waals surface area contributed by atoms with E-state index in [1.165, 1.54) is 0 Å². The third-order valence-electron chi connectivity index (χ3n) is 6.32. The Labute approximate surface area is 210 Å². The Bertz CT molecular complexity index is 1200. The fourth-order valence-corrected chi connectivity index (χ4v) is 4.39. The number of amides is 4. The highest BCUT2D eigenvalue weighted by molar-refractivity contribution is 6.13. The third kappa shape index (κ3) is 5.05. The quantitative estimate of drug-likeness (QED) is 0.244. The minimum absolute atomic E-state index is 0.0694. The summed E-state index contributed by atoms with van der Waals surface area (Å²) in [6.45, 7) is 1.69. The molecule has 36 heavy (non-hydrogen) atoms. The number of anilines is 1. The van der Waals surface area contributed by atoms with Crippen LogP contribution in [0.15, 0.2) is 84.9 Å². The molecule has 3 aromatic rings. The zero-order valence-corrected chi connectivity index (χ0v) is 20.2. The molecule has 0 radical (unpaired) electrons. The van der Waals surface area contributed by atoms with E-state index in [2.05, 4.69) is 17.6 Å². The number of benzene rings is 3. The van der Waals surface area contributed by atoms with Crippen molar-refractivity contribution in [1.29, 1.82) is 0 Å². The van der Waals surface area contributed by atoms with Crippen LogP contribution in [0.25, 0.3) is 0 Å². The van der Waals surface area contributed by atoms with Crippen LogP contribution in [0.1, 0.15) is 54.1 Å². The monoisotopic (exact) mass is 483 g/mol. The molecule has 1 heterocycles. The van der Waals surface area contributed by atoms with E-state index in [0.29, 0.717) is 28.8 Å².